The van der Waals surface area contributed by atoms with Crippen LogP contribution in [0.25, 0.3) is 0 Å². The summed E-state index contributed by atoms with van der Waals surface area (Å²) >= 11 is 0. The van der Waals surface area contributed by atoms with Crippen LogP contribution in [-0.4, -0.2) is 48.4 Å². The van der Waals surface area contributed by atoms with Crippen LogP contribution in [0.15, 0.2) is 30.3 Å². The van der Waals surface area contributed by atoms with Gasteiger partial charge in [-0.1, -0.05) is 30.3 Å². The summed E-state index contributed by atoms with van der Waals surface area (Å²) in [6, 6.07) is 8.34. The maximum atomic E-state index is 11.9. The molecule has 1 aromatic rings. The quantitative estimate of drug-likeness (QED) is 0.765. The smallest absolute Gasteiger partial charge is 0.417 e. The summed E-state index contributed by atoms with van der Waals surface area (Å²) in [7, 11) is 0. The van der Waals surface area contributed by atoms with E-state index in [4.69, 9.17) is 0 Å². The van der Waals surface area contributed by atoms with Crippen LogP contribution < -0.4 is 10.6 Å². The average Bonchev–Trinajstić information content (AvgIpc) is 2.85. The molecule has 2 N–H and O–H groups in total. The molecule has 1 unspecified atom stereocenters. The van der Waals surface area contributed by atoms with Crippen LogP contribution in [-0.2, 0) is 19.1 Å². The molecular weight excluding hydrogens is 302 g/mol. The Morgan fingerprint density at radius 1 is 1.26 bits per heavy atom. The molecule has 1 heterocycles. The van der Waals surface area contributed by atoms with E-state index in [1.165, 1.54) is 6.92 Å². The zero-order chi connectivity index (χ0) is 16.8. The van der Waals surface area contributed by atoms with Crippen molar-refractivity contribution in [1.29, 1.82) is 0 Å². The van der Waals surface area contributed by atoms with E-state index in [-0.39, 0.29) is 25.6 Å². The van der Waals surface area contributed by atoms with E-state index >= 15 is 0 Å². The number of carbonyl (C=O) groups excluding carboxylic acids is 4. The number of ether oxygens (including phenoxy) is 1. The van der Waals surface area contributed by atoms with Crippen LogP contribution in [0.1, 0.15) is 18.5 Å². The molecule has 8 heteroatoms. The Bertz CT molecular complexity index is 601. The van der Waals surface area contributed by atoms with Gasteiger partial charge in [0, 0.05) is 6.92 Å². The van der Waals surface area contributed by atoms with Gasteiger partial charge in [0.2, 0.25) is 11.8 Å². The maximum absolute atomic E-state index is 11.9. The van der Waals surface area contributed by atoms with Crippen molar-refractivity contribution in [3.8, 4) is 0 Å². The second kappa shape index (κ2) is 7.39. The Morgan fingerprint density at radius 3 is 2.52 bits per heavy atom. The number of carbonyl (C=O) groups is 4. The fourth-order valence-electron chi connectivity index (χ4n) is 2.11. The molecule has 8 nitrogen and oxygen atoms in total. The van der Waals surface area contributed by atoms with E-state index in [1.807, 2.05) is 6.07 Å². The van der Waals surface area contributed by atoms with Gasteiger partial charge in [0.05, 0.1) is 19.1 Å². The number of nitrogens with one attached hydrogen (secondary N) is 2. The molecule has 0 aromatic heterocycles. The van der Waals surface area contributed by atoms with Crippen LogP contribution in [0.2, 0.25) is 0 Å². The largest absolute Gasteiger partial charge is 0.439 e. The second-order valence-corrected chi connectivity index (χ2v) is 5.00. The van der Waals surface area contributed by atoms with E-state index in [1.54, 1.807) is 24.3 Å². The Labute approximate surface area is 132 Å². The fraction of sp³-hybridized carbons (Fsp3) is 0.333. The van der Waals surface area contributed by atoms with Gasteiger partial charge in [0.25, 0.3) is 5.91 Å². The van der Waals surface area contributed by atoms with Crippen molar-refractivity contribution in [3.63, 3.8) is 0 Å². The Morgan fingerprint density at radius 2 is 1.96 bits per heavy atom. The van der Waals surface area contributed by atoms with Crippen molar-refractivity contribution in [1.82, 2.24) is 15.5 Å². The first-order valence-electron chi connectivity index (χ1n) is 7.03. The summed E-state index contributed by atoms with van der Waals surface area (Å²) < 4.78 is 4.67. The van der Waals surface area contributed by atoms with Gasteiger partial charge in [-0.15, -0.1) is 0 Å². The summed E-state index contributed by atoms with van der Waals surface area (Å²) in [4.78, 5) is 47.0. The van der Waals surface area contributed by atoms with Crippen molar-refractivity contribution < 1.29 is 23.9 Å². The van der Waals surface area contributed by atoms with Gasteiger partial charge in [0.15, 0.2) is 6.61 Å². The molecule has 1 aromatic carbocycles. The molecule has 1 aliphatic rings. The minimum atomic E-state index is -0.730. The van der Waals surface area contributed by atoms with E-state index in [0.717, 1.165) is 10.5 Å². The average molecular weight is 319 g/mol. The van der Waals surface area contributed by atoms with Gasteiger partial charge in [-0.25, -0.2) is 9.69 Å². The lowest BCUT2D eigenvalue weighted by Gasteiger charge is -2.22. The molecule has 122 valence electrons. The minimum absolute atomic E-state index is 0.0342. The molecule has 0 bridgehead atoms. The molecule has 0 radical (unpaired) electrons. The molecular formula is C15H17N3O5. The fourth-order valence-corrected chi connectivity index (χ4v) is 2.11. The number of nitrogens with zero attached hydrogens (tertiary/aromatic N) is 1. The van der Waals surface area contributed by atoms with Gasteiger partial charge in [-0.2, -0.15) is 0 Å². The van der Waals surface area contributed by atoms with E-state index in [2.05, 4.69) is 15.4 Å². The highest BCUT2D eigenvalue weighted by Gasteiger charge is 2.33. The predicted molar refractivity (Wildman–Crippen MR) is 79.1 cm³/mol. The van der Waals surface area contributed by atoms with Crippen molar-refractivity contribution >= 4 is 23.8 Å². The summed E-state index contributed by atoms with van der Waals surface area (Å²) in [5.74, 6) is -1.20. The molecule has 1 fully saturated rings. The van der Waals surface area contributed by atoms with Crippen LogP contribution >= 0.6 is 0 Å². The molecule has 0 saturated carbocycles. The van der Waals surface area contributed by atoms with Crippen molar-refractivity contribution in [3.05, 3.63) is 35.9 Å². The molecule has 1 atom stereocenters. The minimum Gasteiger partial charge on any atom is -0.439 e. The monoisotopic (exact) mass is 319 g/mol. The highest BCUT2D eigenvalue weighted by atomic mass is 16.6. The number of imide groups is 1. The third-order valence-electron chi connectivity index (χ3n) is 3.24. The number of benzene rings is 1. The Hall–Kier alpha value is -2.90. The van der Waals surface area contributed by atoms with Crippen LogP contribution in [0.5, 0.6) is 0 Å². The van der Waals surface area contributed by atoms with Crippen molar-refractivity contribution in [2.45, 2.75) is 13.0 Å². The summed E-state index contributed by atoms with van der Waals surface area (Å²) in [6.45, 7) is 0.797. The van der Waals surface area contributed by atoms with Crippen molar-refractivity contribution in [2.75, 3.05) is 19.7 Å². The lowest BCUT2D eigenvalue weighted by molar-refractivity contribution is -0.127. The Balaban J connectivity index is 2.09. The van der Waals surface area contributed by atoms with Gasteiger partial charge in [-0.05, 0) is 5.56 Å². The number of hydrogen-bond donors (Lipinski definition) is 2. The van der Waals surface area contributed by atoms with Crippen LogP contribution in [0, 0.1) is 0 Å². The van der Waals surface area contributed by atoms with Crippen molar-refractivity contribution in [2.24, 2.45) is 0 Å². The van der Waals surface area contributed by atoms with Gasteiger partial charge < -0.3 is 15.4 Å². The molecule has 23 heavy (non-hydrogen) atoms. The van der Waals surface area contributed by atoms with E-state index in [9.17, 15) is 19.2 Å². The lowest BCUT2D eigenvalue weighted by Crippen LogP contribution is -2.43. The first kappa shape index (κ1) is 16.5. The molecule has 4 amide bonds. The zero-order valence-electron chi connectivity index (χ0n) is 12.6. The first-order valence-corrected chi connectivity index (χ1v) is 7.03. The third kappa shape index (κ3) is 4.53. The summed E-state index contributed by atoms with van der Waals surface area (Å²) in [6.07, 6.45) is -0.730. The lowest BCUT2D eigenvalue weighted by atomic mass is 10.1. The number of amides is 4. The molecule has 1 saturated heterocycles. The van der Waals surface area contributed by atoms with E-state index in [0.29, 0.717) is 0 Å². The SMILES string of the molecule is CC(=O)NCC(=O)NC(CN1C(=O)COC1=O)c1ccccc1. The molecule has 1 aliphatic heterocycles. The van der Waals surface area contributed by atoms with Gasteiger partial charge in [0.1, 0.15) is 0 Å². The van der Waals surface area contributed by atoms with Gasteiger partial charge in [-0.3, -0.25) is 14.4 Å². The first-order chi connectivity index (χ1) is 11.0. The Kier molecular flexibility index (Phi) is 5.29. The van der Waals surface area contributed by atoms with E-state index < -0.39 is 23.9 Å². The normalized spacial score (nSPS) is 15.1. The van der Waals surface area contributed by atoms with Crippen LogP contribution in [0.4, 0.5) is 4.79 Å². The molecule has 2 rings (SSSR count). The standard InChI is InChI=1S/C15H17N3O5/c1-10(19)16-7-13(20)17-12(11-5-3-2-4-6-11)8-18-14(21)9-23-15(18)22/h2-6,12H,7-9H2,1H3,(H,16,19)(H,17,20). The number of rotatable bonds is 6. The van der Waals surface area contributed by atoms with Crippen LogP contribution in [0.3, 0.4) is 0 Å². The second-order valence-electron chi connectivity index (χ2n) is 5.00. The topological polar surface area (TPSA) is 105 Å². The predicted octanol–water partition coefficient (Wildman–Crippen LogP) is -0.0412. The summed E-state index contributed by atoms with van der Waals surface area (Å²) in [5.41, 5.74) is 0.733. The van der Waals surface area contributed by atoms with Gasteiger partial charge >= 0.3 is 6.09 Å². The number of hydrogen-bond acceptors (Lipinski definition) is 5. The number of cyclic esters (lactones) is 1. The zero-order valence-corrected chi connectivity index (χ0v) is 12.6. The highest BCUT2D eigenvalue weighted by Crippen LogP contribution is 2.17. The third-order valence-corrected chi connectivity index (χ3v) is 3.24. The molecule has 0 aliphatic carbocycles. The summed E-state index contributed by atoms with van der Waals surface area (Å²) in [5, 5.41) is 5.09. The molecule has 0 spiro atoms. The maximum Gasteiger partial charge on any atom is 0.417 e. The highest BCUT2D eigenvalue weighted by molar-refractivity contribution is 5.97.